The fourth-order valence-electron chi connectivity index (χ4n) is 2.93. The van der Waals surface area contributed by atoms with Gasteiger partial charge in [0, 0.05) is 31.7 Å². The summed E-state index contributed by atoms with van der Waals surface area (Å²) >= 11 is 0. The topological polar surface area (TPSA) is 24.5 Å². The first-order valence-electron chi connectivity index (χ1n) is 7.23. The van der Waals surface area contributed by atoms with Crippen molar-refractivity contribution in [3.05, 3.63) is 29.3 Å². The molecule has 1 N–H and O–H groups in total. The average molecular weight is 262 g/mol. The van der Waals surface area contributed by atoms with Crippen LogP contribution in [-0.4, -0.2) is 43.2 Å². The molecule has 2 rings (SSSR count). The lowest BCUT2D eigenvalue weighted by molar-refractivity contribution is 0.146. The monoisotopic (exact) mass is 262 g/mol. The molecule has 2 atom stereocenters. The van der Waals surface area contributed by atoms with Gasteiger partial charge in [-0.1, -0.05) is 18.2 Å². The largest absolute Gasteiger partial charge is 0.492 e. The quantitative estimate of drug-likeness (QED) is 0.901. The van der Waals surface area contributed by atoms with E-state index in [0.29, 0.717) is 12.1 Å². The number of hydrogen-bond acceptors (Lipinski definition) is 3. The first-order chi connectivity index (χ1) is 9.06. The van der Waals surface area contributed by atoms with Gasteiger partial charge in [0.1, 0.15) is 12.4 Å². The maximum atomic E-state index is 5.98. The molecule has 3 heteroatoms. The molecule has 0 amide bonds. The Bertz CT molecular complexity index is 389. The molecule has 0 radical (unpaired) electrons. The number of piperazine rings is 1. The molecule has 0 aromatic heterocycles. The van der Waals surface area contributed by atoms with Crippen LogP contribution >= 0.6 is 0 Å². The van der Waals surface area contributed by atoms with E-state index in [9.17, 15) is 0 Å². The van der Waals surface area contributed by atoms with Crippen molar-refractivity contribution in [2.45, 2.75) is 39.8 Å². The summed E-state index contributed by atoms with van der Waals surface area (Å²) in [6.07, 6.45) is 0. The maximum absolute atomic E-state index is 5.98. The second-order valence-electron chi connectivity index (χ2n) is 5.80. The third-order valence-corrected chi connectivity index (χ3v) is 3.70. The smallest absolute Gasteiger partial charge is 0.125 e. The van der Waals surface area contributed by atoms with Gasteiger partial charge in [0.15, 0.2) is 0 Å². The standard InChI is InChI=1S/C16H26N2O/c1-12-6-5-7-13(2)16(12)19-9-8-18-10-14(3)17-15(4)11-18/h5-7,14-15,17H,8-11H2,1-4H3. The van der Waals surface area contributed by atoms with E-state index in [2.05, 4.69) is 56.1 Å². The SMILES string of the molecule is Cc1cccc(C)c1OCCN1CC(C)NC(C)C1. The van der Waals surface area contributed by atoms with E-state index in [1.54, 1.807) is 0 Å². The van der Waals surface area contributed by atoms with Gasteiger partial charge >= 0.3 is 0 Å². The summed E-state index contributed by atoms with van der Waals surface area (Å²) in [5.41, 5.74) is 2.45. The number of aryl methyl sites for hydroxylation is 2. The molecule has 19 heavy (non-hydrogen) atoms. The van der Waals surface area contributed by atoms with Crippen LogP contribution < -0.4 is 10.1 Å². The molecule has 0 aliphatic carbocycles. The predicted molar refractivity (Wildman–Crippen MR) is 79.9 cm³/mol. The van der Waals surface area contributed by atoms with E-state index in [1.165, 1.54) is 11.1 Å². The highest BCUT2D eigenvalue weighted by Gasteiger charge is 2.20. The predicted octanol–water partition coefficient (Wildman–Crippen LogP) is 2.36. The van der Waals surface area contributed by atoms with Gasteiger partial charge < -0.3 is 10.1 Å². The molecular formula is C16H26N2O. The number of nitrogens with zero attached hydrogens (tertiary/aromatic N) is 1. The van der Waals surface area contributed by atoms with E-state index in [0.717, 1.165) is 32.0 Å². The Hall–Kier alpha value is -1.06. The summed E-state index contributed by atoms with van der Waals surface area (Å²) in [7, 11) is 0. The molecule has 0 saturated carbocycles. The van der Waals surface area contributed by atoms with Crippen molar-refractivity contribution in [2.24, 2.45) is 0 Å². The third kappa shape index (κ3) is 3.95. The van der Waals surface area contributed by atoms with Gasteiger partial charge in [0.2, 0.25) is 0 Å². The van der Waals surface area contributed by atoms with Crippen LogP contribution in [0.2, 0.25) is 0 Å². The van der Waals surface area contributed by atoms with Crippen molar-refractivity contribution in [1.82, 2.24) is 10.2 Å². The number of ether oxygens (including phenoxy) is 1. The summed E-state index contributed by atoms with van der Waals surface area (Å²) in [5, 5.41) is 3.55. The van der Waals surface area contributed by atoms with Gasteiger partial charge in [-0.2, -0.15) is 0 Å². The molecule has 2 unspecified atom stereocenters. The van der Waals surface area contributed by atoms with Crippen LogP contribution in [0, 0.1) is 13.8 Å². The highest BCUT2D eigenvalue weighted by Crippen LogP contribution is 2.22. The Morgan fingerprint density at radius 3 is 2.32 bits per heavy atom. The summed E-state index contributed by atoms with van der Waals surface area (Å²) in [4.78, 5) is 2.49. The van der Waals surface area contributed by atoms with Crippen LogP contribution in [0.15, 0.2) is 18.2 Å². The van der Waals surface area contributed by atoms with Crippen molar-refractivity contribution in [3.8, 4) is 5.75 Å². The zero-order valence-corrected chi connectivity index (χ0v) is 12.6. The fourth-order valence-corrected chi connectivity index (χ4v) is 2.93. The van der Waals surface area contributed by atoms with Crippen LogP contribution in [0.5, 0.6) is 5.75 Å². The van der Waals surface area contributed by atoms with E-state index < -0.39 is 0 Å². The summed E-state index contributed by atoms with van der Waals surface area (Å²) in [5.74, 6) is 1.05. The van der Waals surface area contributed by atoms with Crippen LogP contribution in [0.1, 0.15) is 25.0 Å². The first kappa shape index (κ1) is 14.4. The van der Waals surface area contributed by atoms with Gasteiger partial charge in [-0.05, 0) is 38.8 Å². The van der Waals surface area contributed by atoms with E-state index in [-0.39, 0.29) is 0 Å². The average Bonchev–Trinajstić information content (AvgIpc) is 2.32. The minimum Gasteiger partial charge on any atom is -0.492 e. The van der Waals surface area contributed by atoms with Crippen molar-refractivity contribution < 1.29 is 4.74 Å². The van der Waals surface area contributed by atoms with Crippen LogP contribution in [0.25, 0.3) is 0 Å². The molecule has 106 valence electrons. The number of hydrogen-bond donors (Lipinski definition) is 1. The number of rotatable bonds is 4. The maximum Gasteiger partial charge on any atom is 0.125 e. The number of nitrogens with one attached hydrogen (secondary N) is 1. The molecule has 1 aromatic carbocycles. The molecule has 1 aliphatic heterocycles. The third-order valence-electron chi connectivity index (χ3n) is 3.70. The minimum atomic E-state index is 0.573. The normalized spacial score (nSPS) is 24.4. The molecule has 1 aliphatic rings. The zero-order chi connectivity index (χ0) is 13.8. The lowest BCUT2D eigenvalue weighted by Gasteiger charge is -2.36. The van der Waals surface area contributed by atoms with Gasteiger partial charge in [0.05, 0.1) is 0 Å². The van der Waals surface area contributed by atoms with Gasteiger partial charge in [-0.15, -0.1) is 0 Å². The van der Waals surface area contributed by atoms with Gasteiger partial charge in [0.25, 0.3) is 0 Å². The highest BCUT2D eigenvalue weighted by atomic mass is 16.5. The summed E-state index contributed by atoms with van der Waals surface area (Å²) < 4.78 is 5.98. The van der Waals surface area contributed by atoms with Gasteiger partial charge in [-0.25, -0.2) is 0 Å². The van der Waals surface area contributed by atoms with E-state index in [1.807, 2.05) is 0 Å². The number of benzene rings is 1. The Morgan fingerprint density at radius 2 is 1.74 bits per heavy atom. The second-order valence-corrected chi connectivity index (χ2v) is 5.80. The molecule has 1 saturated heterocycles. The molecule has 0 bridgehead atoms. The molecule has 3 nitrogen and oxygen atoms in total. The Balaban J connectivity index is 1.83. The van der Waals surface area contributed by atoms with E-state index >= 15 is 0 Å². The lowest BCUT2D eigenvalue weighted by Crippen LogP contribution is -2.54. The fraction of sp³-hybridized carbons (Fsp3) is 0.625. The minimum absolute atomic E-state index is 0.573. The molecule has 1 aromatic rings. The van der Waals surface area contributed by atoms with Crippen LogP contribution in [0.3, 0.4) is 0 Å². The molecule has 0 spiro atoms. The Kier molecular flexibility index (Phi) is 4.83. The van der Waals surface area contributed by atoms with Crippen LogP contribution in [0.4, 0.5) is 0 Å². The van der Waals surface area contributed by atoms with Gasteiger partial charge in [-0.3, -0.25) is 4.90 Å². The first-order valence-corrected chi connectivity index (χ1v) is 7.23. The Morgan fingerprint density at radius 1 is 1.16 bits per heavy atom. The highest BCUT2D eigenvalue weighted by molar-refractivity contribution is 5.39. The van der Waals surface area contributed by atoms with Crippen molar-refractivity contribution in [1.29, 1.82) is 0 Å². The Labute approximate surface area is 116 Å². The molecular weight excluding hydrogens is 236 g/mol. The van der Waals surface area contributed by atoms with E-state index in [4.69, 9.17) is 4.74 Å². The lowest BCUT2D eigenvalue weighted by atomic mass is 10.1. The number of para-hydroxylation sites is 1. The molecule has 1 heterocycles. The zero-order valence-electron chi connectivity index (χ0n) is 12.6. The summed E-state index contributed by atoms with van der Waals surface area (Å²) in [6, 6.07) is 7.44. The second kappa shape index (κ2) is 6.40. The van der Waals surface area contributed by atoms with Crippen molar-refractivity contribution >= 4 is 0 Å². The molecule has 1 fully saturated rings. The van der Waals surface area contributed by atoms with Crippen LogP contribution in [-0.2, 0) is 0 Å². The van der Waals surface area contributed by atoms with Crippen molar-refractivity contribution in [2.75, 3.05) is 26.2 Å². The summed E-state index contributed by atoms with van der Waals surface area (Å²) in [6.45, 7) is 12.7. The van der Waals surface area contributed by atoms with Crippen molar-refractivity contribution in [3.63, 3.8) is 0 Å².